The van der Waals surface area contributed by atoms with Crippen molar-refractivity contribution in [3.05, 3.63) is 0 Å². The van der Waals surface area contributed by atoms with Crippen LogP contribution in [-0.2, 0) is 0 Å². The summed E-state index contributed by atoms with van der Waals surface area (Å²) < 4.78 is 0. The van der Waals surface area contributed by atoms with E-state index in [0.29, 0.717) is 0 Å². The van der Waals surface area contributed by atoms with Crippen LogP contribution in [-0.4, -0.2) is 11.3 Å². The minimum atomic E-state index is 0.924. The Balaban J connectivity index is 1.97. The van der Waals surface area contributed by atoms with E-state index in [1.54, 1.807) is 0 Å². The summed E-state index contributed by atoms with van der Waals surface area (Å²) in [6.45, 7) is 0. The maximum absolute atomic E-state index is 3.15. The Morgan fingerprint density at radius 3 is 2.00 bits per heavy atom. The van der Waals surface area contributed by atoms with Gasteiger partial charge in [-0.05, 0) is 5.23 Å². The van der Waals surface area contributed by atoms with Crippen molar-refractivity contribution in [1.29, 1.82) is 0 Å². The zero-order valence-electron chi connectivity index (χ0n) is 2.04. The Kier molecular flexibility index (Phi) is 5.06. The van der Waals surface area contributed by atoms with Crippen molar-refractivity contribution in [3.8, 4) is 0 Å². The van der Waals surface area contributed by atoms with Gasteiger partial charge in [0.2, 0.25) is 6.10 Å². The molecule has 0 amide bonds. The van der Waals surface area contributed by atoms with Gasteiger partial charge in [0.15, 0.2) is 0 Å². The zero-order chi connectivity index (χ0) is 3.41. The van der Waals surface area contributed by atoms with Gasteiger partial charge in [0.25, 0.3) is 0 Å². The second-order valence-electron chi connectivity index (χ2n) is 0.309. The molecule has 0 atom stereocenters. The Labute approximate surface area is 43.3 Å². The van der Waals surface area contributed by atoms with Gasteiger partial charge in [-0.15, -0.1) is 15.9 Å². The summed E-state index contributed by atoms with van der Waals surface area (Å²) >= 11 is 6.22. The molecule has 0 aromatic rings. The first-order chi connectivity index (χ1) is 1.91. The standard InChI is InChI=1S/CH2BBr2/c3-1-2-4/h1H2. The summed E-state index contributed by atoms with van der Waals surface area (Å²) in [6, 6.07) is 0. The number of hydrogen-bond donors (Lipinski definition) is 0. The fourth-order valence-electron chi connectivity index (χ4n) is 0. The summed E-state index contributed by atoms with van der Waals surface area (Å²) in [7, 11) is 0. The van der Waals surface area contributed by atoms with E-state index in [9.17, 15) is 0 Å². The molecule has 0 spiro atoms. The Morgan fingerprint density at radius 1 is 1.75 bits per heavy atom. The van der Waals surface area contributed by atoms with E-state index in [2.05, 4.69) is 31.7 Å². The third kappa shape index (κ3) is 3.02. The van der Waals surface area contributed by atoms with Gasteiger partial charge >= 0.3 is 0 Å². The molecule has 3 heteroatoms. The van der Waals surface area contributed by atoms with E-state index < -0.39 is 0 Å². The highest BCUT2D eigenvalue weighted by atomic mass is 79.9. The molecule has 0 nitrogen and oxygen atoms in total. The van der Waals surface area contributed by atoms with Crippen LogP contribution in [0.5, 0.6) is 0 Å². The number of hydrogen-bond acceptors (Lipinski definition) is 0. The van der Waals surface area contributed by atoms with Crippen LogP contribution in [0.2, 0.25) is 0 Å². The van der Waals surface area contributed by atoms with Crippen LogP contribution in [0.3, 0.4) is 0 Å². The predicted octanol–water partition coefficient (Wildman–Crippen LogP) is 1.35. The van der Waals surface area contributed by atoms with Crippen molar-refractivity contribution in [2.24, 2.45) is 0 Å². The average Bonchev–Trinajstić information content (AvgIpc) is 1.37. The summed E-state index contributed by atoms with van der Waals surface area (Å²) in [5.41, 5.74) is 0. The van der Waals surface area contributed by atoms with Gasteiger partial charge in [0, 0.05) is 0 Å². The van der Waals surface area contributed by atoms with E-state index in [4.69, 9.17) is 0 Å². The van der Waals surface area contributed by atoms with Crippen molar-refractivity contribution in [1.82, 2.24) is 0 Å². The van der Waals surface area contributed by atoms with Gasteiger partial charge in [-0.25, -0.2) is 0 Å². The number of halogens is 2. The number of rotatable bonds is 1. The van der Waals surface area contributed by atoms with Crippen molar-refractivity contribution in [3.63, 3.8) is 0 Å². The predicted molar refractivity (Wildman–Crippen MR) is 28.5 cm³/mol. The smallest absolute Gasteiger partial charge is 0.165 e. The van der Waals surface area contributed by atoms with Crippen LogP contribution in [0, 0.1) is 0 Å². The highest BCUT2D eigenvalue weighted by molar-refractivity contribution is 9.24. The Morgan fingerprint density at radius 2 is 2.00 bits per heavy atom. The SMILES string of the molecule is Br[B]CBr. The zero-order valence-corrected chi connectivity index (χ0v) is 5.21. The average molecular weight is 185 g/mol. The topological polar surface area (TPSA) is 0 Å². The summed E-state index contributed by atoms with van der Waals surface area (Å²) in [5, 5.41) is 0.924. The first-order valence-electron chi connectivity index (χ1n) is 0.894. The number of alkyl halides is 1. The lowest BCUT2D eigenvalue weighted by molar-refractivity contribution is 2.30. The van der Waals surface area contributed by atoms with Crippen molar-refractivity contribution >= 4 is 37.8 Å². The minimum Gasteiger partial charge on any atom is -0.165 e. The molecule has 0 heterocycles. The van der Waals surface area contributed by atoms with Crippen LogP contribution in [0.25, 0.3) is 0 Å². The maximum Gasteiger partial charge on any atom is 0.217 e. The third-order valence-electron chi connectivity index (χ3n) is 0.0583. The van der Waals surface area contributed by atoms with Gasteiger partial charge in [-0.2, -0.15) is 15.8 Å². The summed E-state index contributed by atoms with van der Waals surface area (Å²) in [6.07, 6.45) is 1.85. The van der Waals surface area contributed by atoms with Crippen LogP contribution >= 0.6 is 31.7 Å². The van der Waals surface area contributed by atoms with Gasteiger partial charge < -0.3 is 0 Å². The molecular weight excluding hydrogens is 183 g/mol. The molecule has 0 aliphatic carbocycles. The van der Waals surface area contributed by atoms with E-state index in [0.717, 1.165) is 5.23 Å². The molecule has 0 saturated carbocycles. The molecule has 0 aliphatic heterocycles. The maximum atomic E-state index is 3.15. The van der Waals surface area contributed by atoms with E-state index in [1.807, 2.05) is 6.10 Å². The van der Waals surface area contributed by atoms with Gasteiger partial charge in [-0.3, -0.25) is 0 Å². The Hall–Kier alpha value is 1.02. The molecule has 0 unspecified atom stereocenters. The lowest BCUT2D eigenvalue weighted by Crippen LogP contribution is -1.69. The normalized spacial score (nSPS) is 6.50. The molecule has 0 aromatic carbocycles. The van der Waals surface area contributed by atoms with Crippen LogP contribution < -0.4 is 0 Å². The van der Waals surface area contributed by atoms with E-state index in [1.165, 1.54) is 0 Å². The van der Waals surface area contributed by atoms with Crippen LogP contribution in [0.15, 0.2) is 0 Å². The van der Waals surface area contributed by atoms with E-state index in [-0.39, 0.29) is 0 Å². The van der Waals surface area contributed by atoms with Gasteiger partial charge in [-0.1, -0.05) is 0 Å². The van der Waals surface area contributed by atoms with Crippen molar-refractivity contribution < 1.29 is 0 Å². The first-order valence-corrected chi connectivity index (χ1v) is 2.93. The quantitative estimate of drug-likeness (QED) is 0.427. The van der Waals surface area contributed by atoms with Gasteiger partial charge in [0.1, 0.15) is 0 Å². The second kappa shape index (κ2) is 4.02. The largest absolute Gasteiger partial charge is 0.217 e. The molecule has 0 aromatic heterocycles. The molecule has 0 N–H and O–H groups in total. The monoisotopic (exact) mass is 183 g/mol. The molecule has 0 bridgehead atoms. The molecule has 4 heavy (non-hydrogen) atoms. The van der Waals surface area contributed by atoms with Crippen LogP contribution in [0.1, 0.15) is 0 Å². The summed E-state index contributed by atoms with van der Waals surface area (Å²) in [4.78, 5) is 0. The first kappa shape index (κ1) is 5.02. The highest BCUT2D eigenvalue weighted by Crippen LogP contribution is 1.78. The Bertz CT molecular complexity index is 8.00. The third-order valence-corrected chi connectivity index (χ3v) is 1.57. The van der Waals surface area contributed by atoms with Gasteiger partial charge in [0.05, 0.1) is 0 Å². The van der Waals surface area contributed by atoms with Crippen LogP contribution in [0.4, 0.5) is 0 Å². The lowest BCUT2D eigenvalue weighted by Gasteiger charge is -1.59. The molecule has 0 fully saturated rings. The molecule has 23 valence electrons. The molecule has 0 rings (SSSR count). The second-order valence-corrected chi connectivity index (χ2v) is 1.60. The van der Waals surface area contributed by atoms with Crippen molar-refractivity contribution in [2.75, 3.05) is 5.23 Å². The molecule has 1 radical (unpaired) electrons. The minimum absolute atomic E-state index is 0.924. The van der Waals surface area contributed by atoms with Crippen molar-refractivity contribution in [2.45, 2.75) is 0 Å². The fraction of sp³-hybridized carbons (Fsp3) is 1.00. The molecule has 0 aliphatic rings. The van der Waals surface area contributed by atoms with E-state index >= 15 is 0 Å². The fourth-order valence-corrected chi connectivity index (χ4v) is 0. The lowest BCUT2D eigenvalue weighted by atomic mass is 10.2. The molecular formula is CH2BBr2. The highest BCUT2D eigenvalue weighted by Gasteiger charge is 1.67. The summed E-state index contributed by atoms with van der Waals surface area (Å²) in [5.74, 6) is 0. The molecule has 0 saturated heterocycles.